The third-order valence-electron chi connectivity index (χ3n) is 4.58. The van der Waals surface area contributed by atoms with Crippen molar-refractivity contribution in [2.75, 3.05) is 19.0 Å². The fourth-order valence-corrected chi connectivity index (χ4v) is 3.22. The van der Waals surface area contributed by atoms with Gasteiger partial charge in [-0.2, -0.15) is 0 Å². The average Bonchev–Trinajstić information content (AvgIpc) is 3.38. The van der Waals surface area contributed by atoms with Crippen molar-refractivity contribution in [1.29, 1.82) is 0 Å². The van der Waals surface area contributed by atoms with E-state index in [1.54, 1.807) is 13.3 Å². The summed E-state index contributed by atoms with van der Waals surface area (Å²) in [5.41, 5.74) is 3.52. The molecule has 1 aliphatic rings. The first-order chi connectivity index (χ1) is 13.2. The standard InChI is InChI=1S/C20H22N4O3/c1-13-10-18(27-24-13)15-12-22-20(23-19(15)17-8-5-9-26-17)21-11-14-6-3-4-7-16(14)25-2/h3-4,6-7,10,12,17H,5,8-9,11H2,1-2H3,(H,21,22,23)/t17-/m0/s1. The lowest BCUT2D eigenvalue weighted by Gasteiger charge is -2.15. The molecule has 0 bridgehead atoms. The Hall–Kier alpha value is -2.93. The maximum absolute atomic E-state index is 5.86. The van der Waals surface area contributed by atoms with Crippen molar-refractivity contribution in [1.82, 2.24) is 15.1 Å². The number of ether oxygens (including phenoxy) is 2. The SMILES string of the molecule is COc1ccccc1CNc1ncc(-c2cc(C)no2)c([C@@H]2CCCO2)n1. The smallest absolute Gasteiger partial charge is 0.223 e. The van der Waals surface area contributed by atoms with Gasteiger partial charge >= 0.3 is 0 Å². The Bertz CT molecular complexity index is 919. The average molecular weight is 366 g/mol. The van der Waals surface area contributed by atoms with Crippen molar-refractivity contribution in [2.24, 2.45) is 0 Å². The zero-order valence-corrected chi connectivity index (χ0v) is 15.4. The quantitative estimate of drug-likeness (QED) is 0.708. The molecule has 0 amide bonds. The summed E-state index contributed by atoms with van der Waals surface area (Å²) in [6.07, 6.45) is 3.67. The zero-order valence-electron chi connectivity index (χ0n) is 15.4. The Morgan fingerprint density at radius 2 is 2.19 bits per heavy atom. The molecular formula is C20H22N4O3. The van der Waals surface area contributed by atoms with Gasteiger partial charge in [-0.05, 0) is 25.8 Å². The molecule has 7 heteroatoms. The lowest BCUT2D eigenvalue weighted by Crippen LogP contribution is -2.09. The molecule has 4 rings (SSSR count). The molecule has 3 aromatic rings. The van der Waals surface area contributed by atoms with Gasteiger partial charge in [-0.1, -0.05) is 23.4 Å². The van der Waals surface area contributed by atoms with Crippen molar-refractivity contribution in [3.63, 3.8) is 0 Å². The molecular weight excluding hydrogens is 344 g/mol. The van der Waals surface area contributed by atoms with E-state index in [2.05, 4.69) is 15.5 Å². The molecule has 1 aromatic carbocycles. The van der Waals surface area contributed by atoms with Crippen LogP contribution in [0.15, 0.2) is 41.1 Å². The largest absolute Gasteiger partial charge is 0.496 e. The highest BCUT2D eigenvalue weighted by atomic mass is 16.5. The maximum atomic E-state index is 5.86. The molecule has 27 heavy (non-hydrogen) atoms. The van der Waals surface area contributed by atoms with Crippen LogP contribution in [0.2, 0.25) is 0 Å². The number of anilines is 1. The number of hydrogen-bond donors (Lipinski definition) is 1. The van der Waals surface area contributed by atoms with Gasteiger partial charge in [0.25, 0.3) is 0 Å². The minimum atomic E-state index is -0.0554. The third-order valence-corrected chi connectivity index (χ3v) is 4.58. The molecule has 2 aromatic heterocycles. The van der Waals surface area contributed by atoms with Gasteiger partial charge in [-0.15, -0.1) is 0 Å². The van der Waals surface area contributed by atoms with Crippen molar-refractivity contribution < 1.29 is 14.0 Å². The predicted molar refractivity (Wildman–Crippen MR) is 101 cm³/mol. The monoisotopic (exact) mass is 366 g/mol. The minimum Gasteiger partial charge on any atom is -0.496 e. The van der Waals surface area contributed by atoms with E-state index in [-0.39, 0.29) is 6.10 Å². The van der Waals surface area contributed by atoms with Crippen molar-refractivity contribution in [3.05, 3.63) is 53.5 Å². The molecule has 1 aliphatic heterocycles. The number of benzene rings is 1. The molecule has 0 aliphatic carbocycles. The normalized spacial score (nSPS) is 16.4. The summed E-state index contributed by atoms with van der Waals surface area (Å²) in [5.74, 6) is 2.04. The molecule has 3 heterocycles. The highest BCUT2D eigenvalue weighted by Gasteiger charge is 2.25. The second-order valence-electron chi connectivity index (χ2n) is 6.49. The fraction of sp³-hybridized carbons (Fsp3) is 0.350. The van der Waals surface area contributed by atoms with Gasteiger partial charge in [0.1, 0.15) is 11.9 Å². The second kappa shape index (κ2) is 7.75. The summed E-state index contributed by atoms with van der Waals surface area (Å²) in [6, 6.07) is 9.76. The number of rotatable bonds is 6. The predicted octanol–water partition coefficient (Wildman–Crippen LogP) is 3.91. The zero-order chi connectivity index (χ0) is 18.6. The second-order valence-corrected chi connectivity index (χ2v) is 6.49. The van der Waals surface area contributed by atoms with Gasteiger partial charge in [0.15, 0.2) is 5.76 Å². The van der Waals surface area contributed by atoms with Gasteiger partial charge in [0.05, 0.1) is 24.1 Å². The van der Waals surface area contributed by atoms with Crippen LogP contribution in [0.1, 0.15) is 35.9 Å². The lowest BCUT2D eigenvalue weighted by atomic mass is 10.1. The number of nitrogens with zero attached hydrogens (tertiary/aromatic N) is 3. The Labute approximate surface area is 157 Å². The van der Waals surface area contributed by atoms with E-state index in [4.69, 9.17) is 19.0 Å². The molecule has 1 fully saturated rings. The molecule has 7 nitrogen and oxygen atoms in total. The summed E-state index contributed by atoms with van der Waals surface area (Å²) in [5, 5.41) is 7.26. The van der Waals surface area contributed by atoms with E-state index in [0.29, 0.717) is 18.3 Å². The van der Waals surface area contributed by atoms with Gasteiger partial charge in [-0.3, -0.25) is 0 Å². The molecule has 0 unspecified atom stereocenters. The first-order valence-corrected chi connectivity index (χ1v) is 9.02. The molecule has 1 saturated heterocycles. The van der Waals surface area contributed by atoms with Crippen LogP contribution in [-0.2, 0) is 11.3 Å². The lowest BCUT2D eigenvalue weighted by molar-refractivity contribution is 0.109. The van der Waals surface area contributed by atoms with Gasteiger partial charge in [0.2, 0.25) is 5.95 Å². The Morgan fingerprint density at radius 3 is 2.93 bits per heavy atom. The number of aromatic nitrogens is 3. The number of para-hydroxylation sites is 1. The summed E-state index contributed by atoms with van der Waals surface area (Å²) >= 11 is 0. The number of methoxy groups -OCH3 is 1. The Morgan fingerprint density at radius 1 is 1.30 bits per heavy atom. The van der Waals surface area contributed by atoms with E-state index < -0.39 is 0 Å². The van der Waals surface area contributed by atoms with Gasteiger partial charge in [0, 0.05) is 31.0 Å². The van der Waals surface area contributed by atoms with Crippen LogP contribution in [0.5, 0.6) is 5.75 Å². The van der Waals surface area contributed by atoms with E-state index in [1.807, 2.05) is 37.3 Å². The van der Waals surface area contributed by atoms with Crippen molar-refractivity contribution >= 4 is 5.95 Å². The molecule has 0 spiro atoms. The fourth-order valence-electron chi connectivity index (χ4n) is 3.22. The summed E-state index contributed by atoms with van der Waals surface area (Å²) in [4.78, 5) is 9.20. The van der Waals surface area contributed by atoms with Crippen LogP contribution in [0, 0.1) is 6.92 Å². The molecule has 1 atom stereocenters. The number of aryl methyl sites for hydroxylation is 1. The van der Waals surface area contributed by atoms with Crippen LogP contribution in [0.4, 0.5) is 5.95 Å². The Kier molecular flexibility index (Phi) is 5.02. The molecule has 0 saturated carbocycles. The van der Waals surface area contributed by atoms with Crippen LogP contribution < -0.4 is 10.1 Å². The highest BCUT2D eigenvalue weighted by Crippen LogP contribution is 2.35. The first-order valence-electron chi connectivity index (χ1n) is 9.02. The maximum Gasteiger partial charge on any atom is 0.223 e. The summed E-state index contributed by atoms with van der Waals surface area (Å²) < 4.78 is 16.7. The van der Waals surface area contributed by atoms with Crippen molar-refractivity contribution in [2.45, 2.75) is 32.4 Å². The van der Waals surface area contributed by atoms with Crippen molar-refractivity contribution in [3.8, 4) is 17.1 Å². The minimum absolute atomic E-state index is 0.0554. The van der Waals surface area contributed by atoms with E-state index >= 15 is 0 Å². The van der Waals surface area contributed by atoms with Crippen LogP contribution in [0.25, 0.3) is 11.3 Å². The highest BCUT2D eigenvalue weighted by molar-refractivity contribution is 5.61. The third kappa shape index (κ3) is 3.78. The molecule has 1 N–H and O–H groups in total. The van der Waals surface area contributed by atoms with Gasteiger partial charge in [-0.25, -0.2) is 9.97 Å². The summed E-state index contributed by atoms with van der Waals surface area (Å²) in [6.45, 7) is 3.20. The van der Waals surface area contributed by atoms with E-state index in [1.165, 1.54) is 0 Å². The van der Waals surface area contributed by atoms with Crippen LogP contribution >= 0.6 is 0 Å². The van der Waals surface area contributed by atoms with Gasteiger partial charge < -0.3 is 19.3 Å². The number of nitrogens with one attached hydrogen (secondary N) is 1. The molecule has 0 radical (unpaired) electrons. The van der Waals surface area contributed by atoms with Crippen LogP contribution in [-0.4, -0.2) is 28.8 Å². The Balaban J connectivity index is 1.61. The first kappa shape index (κ1) is 17.5. The molecule has 140 valence electrons. The topological polar surface area (TPSA) is 82.3 Å². The van der Waals surface area contributed by atoms with E-state index in [0.717, 1.165) is 47.7 Å². The van der Waals surface area contributed by atoms with E-state index in [9.17, 15) is 0 Å². The number of hydrogen-bond acceptors (Lipinski definition) is 7. The van der Waals surface area contributed by atoms with Crippen LogP contribution in [0.3, 0.4) is 0 Å². The summed E-state index contributed by atoms with van der Waals surface area (Å²) in [7, 11) is 1.67.